The summed E-state index contributed by atoms with van der Waals surface area (Å²) < 4.78 is 6.76. The first-order valence-electron chi connectivity index (χ1n) is 5.60. The van der Waals surface area contributed by atoms with Crippen molar-refractivity contribution < 1.29 is 14.6 Å². The highest BCUT2D eigenvalue weighted by molar-refractivity contribution is 5.85. The summed E-state index contributed by atoms with van der Waals surface area (Å²) in [6.45, 7) is 0.505. The molecule has 7 nitrogen and oxygen atoms in total. The van der Waals surface area contributed by atoms with Crippen LogP contribution in [0.3, 0.4) is 0 Å². The van der Waals surface area contributed by atoms with E-state index in [2.05, 4.69) is 15.4 Å². The Labute approximate surface area is 109 Å². The molecule has 0 unspecified atom stereocenters. The van der Waals surface area contributed by atoms with E-state index in [1.54, 1.807) is 24.9 Å². The molecule has 0 bridgehead atoms. The van der Waals surface area contributed by atoms with Crippen molar-refractivity contribution in [1.29, 1.82) is 0 Å². The summed E-state index contributed by atoms with van der Waals surface area (Å²) in [4.78, 5) is 14.5. The van der Waals surface area contributed by atoms with Gasteiger partial charge in [-0.3, -0.25) is 0 Å². The van der Waals surface area contributed by atoms with Crippen LogP contribution in [-0.4, -0.2) is 33.0 Å². The molecule has 7 heteroatoms. The van der Waals surface area contributed by atoms with Gasteiger partial charge in [0.2, 0.25) is 5.88 Å². The summed E-state index contributed by atoms with van der Waals surface area (Å²) in [7, 11) is 3.38. The van der Waals surface area contributed by atoms with Crippen molar-refractivity contribution in [2.24, 2.45) is 7.05 Å². The van der Waals surface area contributed by atoms with Crippen LogP contribution in [0.25, 0.3) is 0 Å². The number of aryl methyl sites for hydroxylation is 1. The quantitative estimate of drug-likeness (QED) is 0.839. The number of methoxy groups -OCH3 is 1. The molecule has 2 heterocycles. The fraction of sp³-hybridized carbons (Fsp3) is 0.250. The number of aromatic carboxylic acids is 1. The zero-order valence-electron chi connectivity index (χ0n) is 10.6. The molecule has 0 aliphatic heterocycles. The second kappa shape index (κ2) is 5.38. The molecule has 0 aromatic carbocycles. The average Bonchev–Trinajstić information content (AvgIpc) is 2.77. The Bertz CT molecular complexity index is 577. The number of carboxylic acids is 1. The van der Waals surface area contributed by atoms with Crippen molar-refractivity contribution in [2.75, 3.05) is 12.4 Å². The van der Waals surface area contributed by atoms with Gasteiger partial charge >= 0.3 is 5.97 Å². The minimum absolute atomic E-state index is 0.0186. The Morgan fingerprint density at radius 1 is 1.53 bits per heavy atom. The topological polar surface area (TPSA) is 89.3 Å². The standard InChI is InChI=1S/C12H14N4O3/c1-16-11(19-2)5-9(15-16)7-13-8-3-4-10(12(17)18)14-6-8/h3-6,13H,7H2,1-2H3,(H,17,18). The first-order valence-corrected chi connectivity index (χ1v) is 5.60. The molecule has 2 N–H and O–H groups in total. The van der Waals surface area contributed by atoms with E-state index in [0.29, 0.717) is 12.4 Å². The molecule has 2 rings (SSSR count). The van der Waals surface area contributed by atoms with Crippen molar-refractivity contribution in [3.63, 3.8) is 0 Å². The maximum absolute atomic E-state index is 10.7. The summed E-state index contributed by atoms with van der Waals surface area (Å²) in [5.74, 6) is -0.364. The van der Waals surface area contributed by atoms with Crippen LogP contribution in [0.4, 0.5) is 5.69 Å². The van der Waals surface area contributed by atoms with Crippen molar-refractivity contribution in [1.82, 2.24) is 14.8 Å². The van der Waals surface area contributed by atoms with Gasteiger partial charge in [0.15, 0.2) is 0 Å². The Morgan fingerprint density at radius 2 is 2.32 bits per heavy atom. The van der Waals surface area contributed by atoms with Crippen LogP contribution >= 0.6 is 0 Å². The van der Waals surface area contributed by atoms with E-state index in [1.807, 2.05) is 6.07 Å². The van der Waals surface area contributed by atoms with Crippen LogP contribution in [0.5, 0.6) is 5.88 Å². The smallest absolute Gasteiger partial charge is 0.354 e. The first-order chi connectivity index (χ1) is 9.10. The molecule has 0 fully saturated rings. The molecule has 0 aliphatic carbocycles. The summed E-state index contributed by atoms with van der Waals surface area (Å²) >= 11 is 0. The second-order valence-corrected chi connectivity index (χ2v) is 3.89. The number of carboxylic acid groups (broad SMARTS) is 1. The Morgan fingerprint density at radius 3 is 2.84 bits per heavy atom. The van der Waals surface area contributed by atoms with Crippen LogP contribution in [0.1, 0.15) is 16.2 Å². The lowest BCUT2D eigenvalue weighted by Gasteiger charge is -2.03. The molecule has 100 valence electrons. The maximum atomic E-state index is 10.7. The predicted molar refractivity (Wildman–Crippen MR) is 68.3 cm³/mol. The summed E-state index contributed by atoms with van der Waals surface area (Å²) in [6, 6.07) is 4.94. The second-order valence-electron chi connectivity index (χ2n) is 3.89. The lowest BCUT2D eigenvalue weighted by molar-refractivity contribution is 0.0690. The van der Waals surface area contributed by atoms with Crippen LogP contribution < -0.4 is 10.1 Å². The van der Waals surface area contributed by atoms with E-state index in [0.717, 1.165) is 11.4 Å². The molecule has 0 atom stereocenters. The van der Waals surface area contributed by atoms with Crippen LogP contribution in [0.15, 0.2) is 24.4 Å². The number of aromatic nitrogens is 3. The number of hydrogen-bond acceptors (Lipinski definition) is 5. The molecule has 0 saturated heterocycles. The summed E-state index contributed by atoms with van der Waals surface area (Å²) in [6.07, 6.45) is 1.48. The monoisotopic (exact) mass is 262 g/mol. The molecule has 2 aromatic rings. The zero-order valence-corrected chi connectivity index (χ0v) is 10.6. The van der Waals surface area contributed by atoms with Gasteiger partial charge in [-0.15, -0.1) is 0 Å². The number of nitrogens with zero attached hydrogens (tertiary/aromatic N) is 3. The molecular weight excluding hydrogens is 248 g/mol. The van der Waals surface area contributed by atoms with E-state index in [-0.39, 0.29) is 5.69 Å². The van der Waals surface area contributed by atoms with Crippen LogP contribution in [0.2, 0.25) is 0 Å². The van der Waals surface area contributed by atoms with Crippen molar-refractivity contribution in [2.45, 2.75) is 6.54 Å². The lowest BCUT2D eigenvalue weighted by atomic mass is 10.3. The number of rotatable bonds is 5. The summed E-state index contributed by atoms with van der Waals surface area (Å²) in [5, 5.41) is 16.1. The van der Waals surface area contributed by atoms with E-state index >= 15 is 0 Å². The van der Waals surface area contributed by atoms with E-state index in [1.165, 1.54) is 12.3 Å². The van der Waals surface area contributed by atoms with Gasteiger partial charge in [0.05, 0.1) is 31.2 Å². The number of hydrogen-bond donors (Lipinski definition) is 2. The molecule has 19 heavy (non-hydrogen) atoms. The van der Waals surface area contributed by atoms with Crippen molar-refractivity contribution >= 4 is 11.7 Å². The highest BCUT2D eigenvalue weighted by Crippen LogP contribution is 2.13. The van der Waals surface area contributed by atoms with Gasteiger partial charge in [0.25, 0.3) is 0 Å². The number of nitrogens with one attached hydrogen (secondary N) is 1. The molecule has 0 aliphatic rings. The maximum Gasteiger partial charge on any atom is 0.354 e. The van der Waals surface area contributed by atoms with Gasteiger partial charge in [0.1, 0.15) is 5.69 Å². The normalized spacial score (nSPS) is 10.2. The number of ether oxygens (including phenoxy) is 1. The fourth-order valence-electron chi connectivity index (χ4n) is 1.60. The minimum Gasteiger partial charge on any atom is -0.481 e. The SMILES string of the molecule is COc1cc(CNc2ccc(C(=O)O)nc2)nn1C. The average molecular weight is 262 g/mol. The molecule has 0 radical (unpaired) electrons. The third kappa shape index (κ3) is 3.01. The van der Waals surface area contributed by atoms with Gasteiger partial charge in [0, 0.05) is 13.1 Å². The minimum atomic E-state index is -1.04. The van der Waals surface area contributed by atoms with E-state index in [4.69, 9.17) is 9.84 Å². The third-order valence-electron chi connectivity index (χ3n) is 2.55. The van der Waals surface area contributed by atoms with Crippen molar-refractivity contribution in [3.05, 3.63) is 35.8 Å². The highest BCUT2D eigenvalue weighted by Gasteiger charge is 2.06. The first kappa shape index (κ1) is 12.9. The zero-order chi connectivity index (χ0) is 13.8. The van der Waals surface area contributed by atoms with Gasteiger partial charge in [-0.1, -0.05) is 0 Å². The third-order valence-corrected chi connectivity index (χ3v) is 2.55. The lowest BCUT2D eigenvalue weighted by Crippen LogP contribution is -2.04. The Balaban J connectivity index is 1.99. The number of anilines is 1. The van der Waals surface area contributed by atoms with Gasteiger partial charge in [-0.05, 0) is 12.1 Å². The van der Waals surface area contributed by atoms with E-state index in [9.17, 15) is 4.79 Å². The van der Waals surface area contributed by atoms with Gasteiger partial charge < -0.3 is 15.2 Å². The molecule has 2 aromatic heterocycles. The predicted octanol–water partition coefficient (Wildman–Crippen LogP) is 1.13. The molecular formula is C12H14N4O3. The van der Waals surface area contributed by atoms with Crippen LogP contribution in [-0.2, 0) is 13.6 Å². The summed E-state index contributed by atoms with van der Waals surface area (Å²) in [5.41, 5.74) is 1.57. The molecule has 0 spiro atoms. The largest absolute Gasteiger partial charge is 0.481 e. The fourth-order valence-corrected chi connectivity index (χ4v) is 1.60. The molecule has 0 amide bonds. The van der Waals surface area contributed by atoms with E-state index < -0.39 is 5.97 Å². The van der Waals surface area contributed by atoms with Gasteiger partial charge in [-0.2, -0.15) is 5.10 Å². The highest BCUT2D eigenvalue weighted by atomic mass is 16.5. The van der Waals surface area contributed by atoms with Gasteiger partial charge in [-0.25, -0.2) is 14.5 Å². The number of pyridine rings is 1. The van der Waals surface area contributed by atoms with Crippen molar-refractivity contribution in [3.8, 4) is 5.88 Å². The number of carbonyl (C=O) groups is 1. The Hall–Kier alpha value is -2.57. The van der Waals surface area contributed by atoms with Crippen LogP contribution in [0, 0.1) is 0 Å². The molecule has 0 saturated carbocycles. The Kier molecular flexibility index (Phi) is 3.65.